The Kier molecular flexibility index (Phi) is 5.01. The molecule has 0 saturated heterocycles. The SMILES string of the molecule is C=CCOc1cc([C@H](C)N[S+]=O)ccc1F. The molecule has 0 saturated carbocycles. The second-order valence-electron chi connectivity index (χ2n) is 3.21. The van der Waals surface area contributed by atoms with E-state index in [9.17, 15) is 8.60 Å². The minimum atomic E-state index is -0.424. The monoisotopic (exact) mass is 242 g/mol. The molecule has 0 aromatic heterocycles. The summed E-state index contributed by atoms with van der Waals surface area (Å²) in [6, 6.07) is 4.35. The second-order valence-corrected chi connectivity index (χ2v) is 3.61. The molecule has 86 valence electrons. The standard InChI is InChI=1S/C11H13FNO2S/c1-3-6-15-11-7-9(4-5-10(11)12)8(2)13-16-14/h3-5,7-8H,1,6H2,2H3,(H,13,14)/q+1/t8-/m0/s1. The van der Waals surface area contributed by atoms with Gasteiger partial charge in [-0.05, 0) is 29.3 Å². The van der Waals surface area contributed by atoms with Gasteiger partial charge in [0.1, 0.15) is 6.61 Å². The molecule has 0 bridgehead atoms. The van der Waals surface area contributed by atoms with Crippen LogP contribution >= 0.6 is 0 Å². The Morgan fingerprint density at radius 3 is 3.06 bits per heavy atom. The average molecular weight is 242 g/mol. The number of halogens is 1. The van der Waals surface area contributed by atoms with Crippen LogP contribution in [0.25, 0.3) is 0 Å². The van der Waals surface area contributed by atoms with Crippen molar-refractivity contribution in [2.45, 2.75) is 13.0 Å². The van der Waals surface area contributed by atoms with Crippen molar-refractivity contribution in [2.24, 2.45) is 0 Å². The lowest BCUT2D eigenvalue weighted by Crippen LogP contribution is -2.13. The summed E-state index contributed by atoms with van der Waals surface area (Å²) in [6.07, 6.45) is 1.54. The number of benzene rings is 1. The van der Waals surface area contributed by atoms with Crippen molar-refractivity contribution in [3.63, 3.8) is 0 Å². The van der Waals surface area contributed by atoms with E-state index in [4.69, 9.17) is 4.74 Å². The molecule has 16 heavy (non-hydrogen) atoms. The van der Waals surface area contributed by atoms with Crippen molar-refractivity contribution in [1.82, 2.24) is 4.72 Å². The Hall–Kier alpha value is -1.33. The molecule has 0 aliphatic heterocycles. The third-order valence-electron chi connectivity index (χ3n) is 2.04. The van der Waals surface area contributed by atoms with Crippen LogP contribution in [-0.4, -0.2) is 6.61 Å². The molecule has 1 atom stereocenters. The lowest BCUT2D eigenvalue weighted by Gasteiger charge is -2.09. The van der Waals surface area contributed by atoms with Crippen LogP contribution in [0, 0.1) is 5.82 Å². The van der Waals surface area contributed by atoms with Gasteiger partial charge in [-0.1, -0.05) is 18.7 Å². The van der Waals surface area contributed by atoms with Gasteiger partial charge in [-0.25, -0.2) is 4.39 Å². The summed E-state index contributed by atoms with van der Waals surface area (Å²) in [5.41, 5.74) is 0.795. The zero-order valence-electron chi connectivity index (χ0n) is 8.90. The zero-order chi connectivity index (χ0) is 12.0. The van der Waals surface area contributed by atoms with Crippen molar-refractivity contribution in [3.05, 3.63) is 42.2 Å². The summed E-state index contributed by atoms with van der Waals surface area (Å²) in [6.45, 7) is 5.55. The molecule has 0 radical (unpaired) electrons. The Bertz CT molecular complexity index is 384. The van der Waals surface area contributed by atoms with Crippen molar-refractivity contribution in [1.29, 1.82) is 0 Å². The fraction of sp³-hybridized carbons (Fsp3) is 0.273. The number of hydrogen-bond donors (Lipinski definition) is 1. The Balaban J connectivity index is 2.87. The highest BCUT2D eigenvalue weighted by Crippen LogP contribution is 2.22. The van der Waals surface area contributed by atoms with Gasteiger partial charge in [-0.15, -0.1) is 0 Å². The molecule has 0 heterocycles. The van der Waals surface area contributed by atoms with E-state index in [1.165, 1.54) is 6.07 Å². The zero-order valence-corrected chi connectivity index (χ0v) is 9.72. The molecule has 1 aromatic carbocycles. The number of ether oxygens (including phenoxy) is 1. The lowest BCUT2D eigenvalue weighted by atomic mass is 10.1. The Morgan fingerprint density at radius 1 is 1.69 bits per heavy atom. The summed E-state index contributed by atoms with van der Waals surface area (Å²) in [5, 5.41) is 0. The topological polar surface area (TPSA) is 38.3 Å². The minimum Gasteiger partial charge on any atom is -0.486 e. The molecule has 3 nitrogen and oxygen atoms in total. The maximum atomic E-state index is 13.3. The highest BCUT2D eigenvalue weighted by molar-refractivity contribution is 7.63. The number of hydrogen-bond acceptors (Lipinski definition) is 2. The second kappa shape index (κ2) is 6.30. The molecule has 1 N–H and O–H groups in total. The highest BCUT2D eigenvalue weighted by Gasteiger charge is 2.14. The average Bonchev–Trinajstić information content (AvgIpc) is 2.28. The van der Waals surface area contributed by atoms with Gasteiger partial charge in [0.25, 0.3) is 0 Å². The molecular weight excluding hydrogens is 229 g/mol. The third-order valence-corrected chi connectivity index (χ3v) is 2.49. The van der Waals surface area contributed by atoms with Crippen LogP contribution in [0.4, 0.5) is 4.39 Å². The molecular formula is C11H13FNO2S+. The Labute approximate surface area is 97.9 Å². The normalized spacial score (nSPS) is 11.9. The molecule has 0 spiro atoms. The van der Waals surface area contributed by atoms with E-state index in [0.29, 0.717) is 0 Å². The predicted molar refractivity (Wildman–Crippen MR) is 61.7 cm³/mol. The number of rotatable bonds is 6. The van der Waals surface area contributed by atoms with Crippen LogP contribution in [0.1, 0.15) is 18.5 Å². The molecule has 0 aliphatic carbocycles. The van der Waals surface area contributed by atoms with Gasteiger partial charge >= 0.3 is 11.9 Å². The minimum absolute atomic E-state index is 0.158. The van der Waals surface area contributed by atoms with Crippen LogP contribution in [-0.2, 0) is 16.1 Å². The first-order valence-corrected chi connectivity index (χ1v) is 5.50. The molecule has 0 aliphatic rings. The van der Waals surface area contributed by atoms with E-state index in [-0.39, 0.29) is 30.3 Å². The molecule has 1 aromatic rings. The quantitative estimate of drug-likeness (QED) is 0.472. The molecule has 0 unspecified atom stereocenters. The van der Waals surface area contributed by atoms with Crippen molar-refractivity contribution in [2.75, 3.05) is 6.61 Å². The van der Waals surface area contributed by atoms with Crippen LogP contribution in [0.3, 0.4) is 0 Å². The van der Waals surface area contributed by atoms with Crippen molar-refractivity contribution >= 4 is 11.9 Å². The van der Waals surface area contributed by atoms with E-state index in [0.717, 1.165) is 5.56 Å². The third kappa shape index (κ3) is 3.36. The molecule has 5 heteroatoms. The summed E-state index contributed by atoms with van der Waals surface area (Å²) in [7, 11) is 0. The summed E-state index contributed by atoms with van der Waals surface area (Å²) in [4.78, 5) is 0. The molecule has 1 rings (SSSR count). The van der Waals surface area contributed by atoms with Gasteiger partial charge in [-0.2, -0.15) is 0 Å². The lowest BCUT2D eigenvalue weighted by molar-refractivity contribution is 0.341. The smallest absolute Gasteiger partial charge is 0.486 e. The van der Waals surface area contributed by atoms with Gasteiger partial charge in [0.05, 0.1) is 10.3 Å². The van der Waals surface area contributed by atoms with Crippen LogP contribution in [0.5, 0.6) is 5.75 Å². The van der Waals surface area contributed by atoms with Crippen molar-refractivity contribution in [3.8, 4) is 5.75 Å². The maximum absolute atomic E-state index is 13.3. The molecule has 0 amide bonds. The van der Waals surface area contributed by atoms with Crippen LogP contribution in [0.15, 0.2) is 30.9 Å². The maximum Gasteiger partial charge on any atom is 0.588 e. The van der Waals surface area contributed by atoms with Crippen molar-refractivity contribution < 1.29 is 13.3 Å². The molecule has 0 fully saturated rings. The van der Waals surface area contributed by atoms with E-state index in [2.05, 4.69) is 11.3 Å². The van der Waals surface area contributed by atoms with E-state index in [1.807, 2.05) is 6.92 Å². The van der Waals surface area contributed by atoms with Crippen LogP contribution in [0.2, 0.25) is 0 Å². The predicted octanol–water partition coefficient (Wildman–Crippen LogP) is 2.38. The summed E-state index contributed by atoms with van der Waals surface area (Å²) in [5.74, 6) is -0.255. The van der Waals surface area contributed by atoms with Gasteiger partial charge < -0.3 is 4.74 Å². The van der Waals surface area contributed by atoms with Gasteiger partial charge in [0.2, 0.25) is 0 Å². The van der Waals surface area contributed by atoms with E-state index >= 15 is 0 Å². The summed E-state index contributed by atoms with van der Waals surface area (Å²) < 4.78 is 31.4. The van der Waals surface area contributed by atoms with Gasteiger partial charge in [0, 0.05) is 0 Å². The van der Waals surface area contributed by atoms with Crippen LogP contribution < -0.4 is 9.46 Å². The summed E-state index contributed by atoms with van der Waals surface area (Å²) >= 11 is 0.282. The van der Waals surface area contributed by atoms with E-state index < -0.39 is 5.82 Å². The first kappa shape index (κ1) is 12.7. The number of nitrogens with one attached hydrogen (secondary N) is 1. The first-order valence-electron chi connectivity index (χ1n) is 4.76. The fourth-order valence-corrected chi connectivity index (χ4v) is 1.47. The fourth-order valence-electron chi connectivity index (χ4n) is 1.19. The van der Waals surface area contributed by atoms with Gasteiger partial charge in [-0.3, -0.25) is 0 Å². The first-order chi connectivity index (χ1) is 7.69. The Morgan fingerprint density at radius 2 is 2.44 bits per heavy atom. The van der Waals surface area contributed by atoms with Gasteiger partial charge in [0.15, 0.2) is 11.6 Å². The highest BCUT2D eigenvalue weighted by atomic mass is 32.2. The van der Waals surface area contributed by atoms with E-state index in [1.54, 1.807) is 18.2 Å². The largest absolute Gasteiger partial charge is 0.588 e.